The number of aliphatic carboxylic acids is 3. The molecular formula is C9H18KO6. The van der Waals surface area contributed by atoms with Crippen molar-refractivity contribution in [2.45, 2.75) is 40.0 Å². The fraction of sp³-hybridized carbons (Fsp3) is 0.667. The monoisotopic (exact) mass is 261 g/mol. The molecule has 0 aliphatic rings. The Kier molecular flexibility index (Phi) is 32.0. The van der Waals surface area contributed by atoms with E-state index in [1.165, 1.54) is 0 Å². The molecule has 0 aromatic carbocycles. The molecule has 7 heteroatoms. The van der Waals surface area contributed by atoms with E-state index < -0.39 is 17.9 Å². The van der Waals surface area contributed by atoms with Gasteiger partial charge in [-0.1, -0.05) is 20.8 Å². The Hall–Kier alpha value is 0.0464. The van der Waals surface area contributed by atoms with Gasteiger partial charge in [0, 0.05) is 70.6 Å². The van der Waals surface area contributed by atoms with Gasteiger partial charge >= 0.3 is 17.9 Å². The summed E-state index contributed by atoms with van der Waals surface area (Å²) in [4.78, 5) is 28.1. The third kappa shape index (κ3) is 65.4. The average molecular weight is 261 g/mol. The van der Waals surface area contributed by atoms with Crippen LogP contribution in [0.2, 0.25) is 0 Å². The summed E-state index contributed by atoms with van der Waals surface area (Å²) < 4.78 is 0. The van der Waals surface area contributed by atoms with Crippen molar-refractivity contribution in [3.8, 4) is 0 Å². The van der Waals surface area contributed by atoms with Gasteiger partial charge < -0.3 is 15.3 Å². The maximum absolute atomic E-state index is 9.37. The second kappa shape index (κ2) is 20.5. The van der Waals surface area contributed by atoms with Crippen LogP contribution in [0.15, 0.2) is 0 Å². The third-order valence-corrected chi connectivity index (χ3v) is 0.907. The standard InChI is InChI=1S/3C3H6O2.K/c3*1-2-3(4)5;/h3*2H2,1H3,(H,4,5);. The minimum atomic E-state index is -0.745. The summed E-state index contributed by atoms with van der Waals surface area (Å²) in [7, 11) is 0. The van der Waals surface area contributed by atoms with Crippen LogP contribution in [0, 0.1) is 0 Å². The minimum Gasteiger partial charge on any atom is -0.481 e. The van der Waals surface area contributed by atoms with Gasteiger partial charge in [-0.15, -0.1) is 0 Å². The molecule has 0 bridgehead atoms. The zero-order valence-corrected chi connectivity index (χ0v) is 13.3. The molecule has 3 N–H and O–H groups in total. The Balaban J connectivity index is -0.0000000655. The Morgan fingerprint density at radius 1 is 0.688 bits per heavy atom. The van der Waals surface area contributed by atoms with Crippen molar-refractivity contribution in [3.05, 3.63) is 0 Å². The van der Waals surface area contributed by atoms with Crippen molar-refractivity contribution in [3.63, 3.8) is 0 Å². The van der Waals surface area contributed by atoms with Gasteiger partial charge in [0.2, 0.25) is 0 Å². The van der Waals surface area contributed by atoms with Gasteiger partial charge in [-0.05, 0) is 0 Å². The van der Waals surface area contributed by atoms with Gasteiger partial charge in [0.25, 0.3) is 0 Å². The smallest absolute Gasteiger partial charge is 0.303 e. The number of hydrogen-bond donors (Lipinski definition) is 3. The van der Waals surface area contributed by atoms with Crippen molar-refractivity contribution >= 4 is 69.3 Å². The summed E-state index contributed by atoms with van der Waals surface area (Å²) in [6.45, 7) is 4.80. The van der Waals surface area contributed by atoms with E-state index in [9.17, 15) is 14.4 Å². The molecule has 0 aromatic heterocycles. The van der Waals surface area contributed by atoms with Crippen LogP contribution in [0.25, 0.3) is 0 Å². The van der Waals surface area contributed by atoms with E-state index in [0.717, 1.165) is 0 Å². The number of hydrogen-bond acceptors (Lipinski definition) is 3. The minimum absolute atomic E-state index is 0. The molecule has 16 heavy (non-hydrogen) atoms. The van der Waals surface area contributed by atoms with Crippen LogP contribution < -0.4 is 0 Å². The molecule has 91 valence electrons. The molecule has 0 saturated carbocycles. The van der Waals surface area contributed by atoms with Gasteiger partial charge in [0.05, 0.1) is 0 Å². The van der Waals surface area contributed by atoms with Crippen LogP contribution in [-0.4, -0.2) is 84.6 Å². The predicted molar refractivity (Wildman–Crippen MR) is 59.5 cm³/mol. The van der Waals surface area contributed by atoms with E-state index in [1.54, 1.807) is 20.8 Å². The van der Waals surface area contributed by atoms with Gasteiger partial charge in [-0.3, -0.25) is 14.4 Å². The van der Waals surface area contributed by atoms with Crippen molar-refractivity contribution in [1.29, 1.82) is 0 Å². The molecule has 6 nitrogen and oxygen atoms in total. The molecule has 0 atom stereocenters. The van der Waals surface area contributed by atoms with Crippen molar-refractivity contribution in [2.24, 2.45) is 0 Å². The molecule has 0 amide bonds. The fourth-order valence-corrected chi connectivity index (χ4v) is 0. The Morgan fingerprint density at radius 3 is 0.750 bits per heavy atom. The number of carbonyl (C=O) groups is 3. The molecular weight excluding hydrogens is 243 g/mol. The van der Waals surface area contributed by atoms with E-state index in [4.69, 9.17) is 15.3 Å². The van der Waals surface area contributed by atoms with E-state index in [-0.39, 0.29) is 70.6 Å². The molecule has 0 aliphatic heterocycles. The summed E-state index contributed by atoms with van der Waals surface area (Å²) in [5.74, 6) is -2.24. The van der Waals surface area contributed by atoms with E-state index in [1.807, 2.05) is 0 Å². The molecule has 0 rings (SSSR count). The van der Waals surface area contributed by atoms with E-state index in [2.05, 4.69) is 0 Å². The Bertz CT molecular complexity index is 159. The van der Waals surface area contributed by atoms with Crippen LogP contribution in [0.5, 0.6) is 0 Å². The SMILES string of the molecule is CCC(=O)O.CCC(=O)O.CCC(=O)O.[K]. The first-order valence-electron chi connectivity index (χ1n) is 4.47. The molecule has 0 saturated heterocycles. The van der Waals surface area contributed by atoms with Crippen molar-refractivity contribution in [2.75, 3.05) is 0 Å². The first-order valence-corrected chi connectivity index (χ1v) is 4.47. The topological polar surface area (TPSA) is 112 Å². The average Bonchev–Trinajstić information content (AvgIpc) is 2.19. The van der Waals surface area contributed by atoms with Crippen LogP contribution in [-0.2, 0) is 14.4 Å². The van der Waals surface area contributed by atoms with Crippen LogP contribution in [0.3, 0.4) is 0 Å². The molecule has 0 heterocycles. The number of carboxylic acids is 3. The van der Waals surface area contributed by atoms with Crippen molar-refractivity contribution in [1.82, 2.24) is 0 Å². The van der Waals surface area contributed by atoms with Crippen LogP contribution in [0.4, 0.5) is 0 Å². The number of rotatable bonds is 3. The molecule has 0 spiro atoms. The van der Waals surface area contributed by atoms with E-state index >= 15 is 0 Å². The first-order chi connectivity index (χ1) is 6.81. The molecule has 0 unspecified atom stereocenters. The summed E-state index contributed by atoms with van der Waals surface area (Å²) in [5.41, 5.74) is 0. The Morgan fingerprint density at radius 2 is 0.750 bits per heavy atom. The first kappa shape index (κ1) is 25.0. The summed E-state index contributed by atoms with van der Waals surface area (Å²) >= 11 is 0. The van der Waals surface area contributed by atoms with Gasteiger partial charge in [0.15, 0.2) is 0 Å². The normalized spacial score (nSPS) is 6.94. The molecule has 0 aliphatic carbocycles. The van der Waals surface area contributed by atoms with Gasteiger partial charge in [0.1, 0.15) is 0 Å². The van der Waals surface area contributed by atoms with E-state index in [0.29, 0.717) is 0 Å². The third-order valence-electron chi connectivity index (χ3n) is 0.907. The fourth-order valence-electron chi connectivity index (χ4n) is 0. The zero-order valence-electron chi connectivity index (χ0n) is 10.2. The number of carboxylic acid groups (broad SMARTS) is 3. The second-order valence-electron chi connectivity index (χ2n) is 2.24. The van der Waals surface area contributed by atoms with Crippen molar-refractivity contribution < 1.29 is 29.7 Å². The maximum Gasteiger partial charge on any atom is 0.303 e. The summed E-state index contributed by atoms with van der Waals surface area (Å²) in [5, 5.41) is 23.2. The largest absolute Gasteiger partial charge is 0.481 e. The quantitative estimate of drug-likeness (QED) is 0.655. The second-order valence-corrected chi connectivity index (χ2v) is 2.24. The van der Waals surface area contributed by atoms with Crippen LogP contribution in [0.1, 0.15) is 40.0 Å². The summed E-state index contributed by atoms with van der Waals surface area (Å²) in [6, 6.07) is 0. The Labute approximate surface area is 137 Å². The predicted octanol–water partition coefficient (Wildman–Crippen LogP) is 1.06. The molecule has 0 aromatic rings. The molecule has 1 radical (unpaired) electrons. The van der Waals surface area contributed by atoms with Gasteiger partial charge in [-0.2, -0.15) is 0 Å². The van der Waals surface area contributed by atoms with Crippen LogP contribution >= 0.6 is 0 Å². The zero-order chi connectivity index (χ0) is 12.9. The van der Waals surface area contributed by atoms with Gasteiger partial charge in [-0.25, -0.2) is 0 Å². The molecule has 0 fully saturated rings. The maximum atomic E-state index is 9.37. The summed E-state index contributed by atoms with van der Waals surface area (Å²) in [6.07, 6.45) is 0.667.